The first-order chi connectivity index (χ1) is 8.66. The van der Waals surface area contributed by atoms with Crippen LogP contribution in [-0.2, 0) is 0 Å². The van der Waals surface area contributed by atoms with Gasteiger partial charge in [-0.3, -0.25) is 0 Å². The van der Waals surface area contributed by atoms with Gasteiger partial charge in [0.15, 0.2) is 0 Å². The molecule has 0 aliphatic rings. The van der Waals surface area contributed by atoms with E-state index >= 15 is 0 Å². The minimum atomic E-state index is -0.0874. The maximum atomic E-state index is 6.59. The van der Waals surface area contributed by atoms with E-state index in [2.05, 4.69) is 66.9 Å². The molecule has 1 unspecified atom stereocenters. The van der Waals surface area contributed by atoms with Gasteiger partial charge in [0.05, 0.1) is 9.16 Å². The topological polar surface area (TPSA) is 0 Å². The number of fused-ring (bicyclic) bond motifs is 1. The third-order valence-corrected chi connectivity index (χ3v) is 6.72. The van der Waals surface area contributed by atoms with Crippen LogP contribution in [0, 0.1) is 0 Å². The van der Waals surface area contributed by atoms with Gasteiger partial charge in [-0.25, -0.2) is 0 Å². The Bertz CT molecular complexity index is 702. The van der Waals surface area contributed by atoms with Crippen LogP contribution >= 0.6 is 66.1 Å². The number of benzene rings is 1. The summed E-state index contributed by atoms with van der Waals surface area (Å²) >= 11 is 17.1. The molecule has 1 aromatic carbocycles. The first-order valence-corrected chi connectivity index (χ1v) is 8.98. The zero-order chi connectivity index (χ0) is 12.7. The van der Waals surface area contributed by atoms with E-state index in [0.717, 1.165) is 13.8 Å². The maximum absolute atomic E-state index is 6.59. The summed E-state index contributed by atoms with van der Waals surface area (Å²) in [6.45, 7) is 0. The molecule has 0 amide bonds. The van der Waals surface area contributed by atoms with Crippen molar-refractivity contribution in [3.05, 3.63) is 54.4 Å². The zero-order valence-corrected chi connectivity index (χ0v) is 14.6. The average Bonchev–Trinajstić information content (AvgIpc) is 2.95. The van der Waals surface area contributed by atoms with Crippen molar-refractivity contribution < 1.29 is 0 Å². The summed E-state index contributed by atoms with van der Waals surface area (Å²) in [5.74, 6) is 0. The van der Waals surface area contributed by atoms with E-state index in [1.54, 1.807) is 22.7 Å². The van der Waals surface area contributed by atoms with Gasteiger partial charge in [-0.05, 0) is 71.3 Å². The Labute approximate surface area is 135 Å². The fourth-order valence-electron chi connectivity index (χ4n) is 1.87. The molecule has 0 saturated carbocycles. The quantitative estimate of drug-likeness (QED) is 0.398. The van der Waals surface area contributed by atoms with Crippen LogP contribution < -0.4 is 0 Å². The summed E-state index contributed by atoms with van der Waals surface area (Å²) in [5, 5.41) is 5.40. The number of thiophene rings is 2. The first kappa shape index (κ1) is 13.1. The van der Waals surface area contributed by atoms with Crippen molar-refractivity contribution in [1.82, 2.24) is 0 Å². The highest BCUT2D eigenvalue weighted by molar-refractivity contribution is 9.11. The third-order valence-electron chi connectivity index (χ3n) is 2.74. The van der Waals surface area contributed by atoms with Gasteiger partial charge in [-0.15, -0.1) is 34.3 Å². The minimum Gasteiger partial charge on any atom is -0.142 e. The monoisotopic (exact) mass is 420 g/mol. The van der Waals surface area contributed by atoms with Crippen LogP contribution in [0.2, 0.25) is 0 Å². The zero-order valence-electron chi connectivity index (χ0n) is 8.99. The molecule has 0 spiro atoms. The smallest absolute Gasteiger partial charge is 0.0857 e. The lowest BCUT2D eigenvalue weighted by atomic mass is 10.1. The van der Waals surface area contributed by atoms with E-state index in [1.165, 1.54) is 15.6 Å². The Hall–Kier alpha value is 0.130. The third kappa shape index (κ3) is 2.29. The molecule has 0 radical (unpaired) electrons. The molecule has 0 bridgehead atoms. The molecule has 0 nitrogen and oxygen atoms in total. The van der Waals surface area contributed by atoms with Crippen LogP contribution in [0.25, 0.3) is 10.1 Å². The van der Waals surface area contributed by atoms with E-state index in [4.69, 9.17) is 11.6 Å². The number of hydrogen-bond donors (Lipinski definition) is 0. The van der Waals surface area contributed by atoms with Gasteiger partial charge >= 0.3 is 0 Å². The van der Waals surface area contributed by atoms with Crippen LogP contribution in [0.4, 0.5) is 0 Å². The van der Waals surface area contributed by atoms with Gasteiger partial charge in [-0.2, -0.15) is 0 Å². The molecule has 1 atom stereocenters. The molecule has 0 aliphatic carbocycles. The predicted molar refractivity (Wildman–Crippen MR) is 89.2 cm³/mol. The van der Waals surface area contributed by atoms with Gasteiger partial charge in [0.1, 0.15) is 0 Å². The molecule has 3 rings (SSSR count). The molecule has 5 heteroatoms. The van der Waals surface area contributed by atoms with E-state index in [0.29, 0.717) is 0 Å². The van der Waals surface area contributed by atoms with Gasteiger partial charge in [0.2, 0.25) is 0 Å². The predicted octanol–water partition coefficient (Wildman–Crippen LogP) is 6.82. The lowest BCUT2D eigenvalue weighted by Gasteiger charge is -2.06. The highest BCUT2D eigenvalue weighted by atomic mass is 79.9. The number of alkyl halides is 1. The van der Waals surface area contributed by atoms with Crippen molar-refractivity contribution in [1.29, 1.82) is 0 Å². The summed E-state index contributed by atoms with van der Waals surface area (Å²) in [7, 11) is 0. The van der Waals surface area contributed by atoms with E-state index in [9.17, 15) is 0 Å². The molecule has 2 aromatic heterocycles. The Morgan fingerprint density at radius 2 is 1.94 bits per heavy atom. The Balaban J connectivity index is 2.12. The van der Waals surface area contributed by atoms with Crippen molar-refractivity contribution >= 4 is 76.2 Å². The van der Waals surface area contributed by atoms with Gasteiger partial charge in [-0.1, -0.05) is 12.1 Å². The second-order valence-electron chi connectivity index (χ2n) is 3.85. The lowest BCUT2D eigenvalue weighted by Crippen LogP contribution is -1.89. The summed E-state index contributed by atoms with van der Waals surface area (Å²) in [6.07, 6.45) is 0. The summed E-state index contributed by atoms with van der Waals surface area (Å²) in [6, 6.07) is 8.33. The standard InChI is InChI=1S/C13H7Br2ClS2/c14-10-3-1-2-8-9(6-18-13(8)10)12(16)7-4-11(15)17-5-7/h1-6,12H. The number of halogens is 3. The summed E-state index contributed by atoms with van der Waals surface area (Å²) < 4.78 is 3.50. The van der Waals surface area contributed by atoms with Crippen LogP contribution in [0.15, 0.2) is 43.3 Å². The molecule has 92 valence electrons. The molecule has 18 heavy (non-hydrogen) atoms. The molecular formula is C13H7Br2ClS2. The molecule has 3 aromatic rings. The van der Waals surface area contributed by atoms with Crippen molar-refractivity contribution in [2.45, 2.75) is 5.38 Å². The molecule has 0 aliphatic heterocycles. The normalized spacial score (nSPS) is 13.1. The maximum Gasteiger partial charge on any atom is 0.0857 e. The van der Waals surface area contributed by atoms with Crippen LogP contribution in [-0.4, -0.2) is 0 Å². The highest BCUT2D eigenvalue weighted by Crippen LogP contribution is 2.41. The van der Waals surface area contributed by atoms with Crippen molar-refractivity contribution in [2.75, 3.05) is 0 Å². The van der Waals surface area contributed by atoms with E-state index in [1.807, 2.05) is 0 Å². The van der Waals surface area contributed by atoms with Crippen LogP contribution in [0.1, 0.15) is 16.5 Å². The van der Waals surface area contributed by atoms with Crippen molar-refractivity contribution in [3.8, 4) is 0 Å². The molecule has 2 heterocycles. The van der Waals surface area contributed by atoms with Crippen molar-refractivity contribution in [3.63, 3.8) is 0 Å². The van der Waals surface area contributed by atoms with Gasteiger partial charge in [0, 0.05) is 9.17 Å². The molecular weight excluding hydrogens is 416 g/mol. The Kier molecular flexibility index (Phi) is 3.83. The molecule has 0 N–H and O–H groups in total. The first-order valence-electron chi connectivity index (χ1n) is 5.20. The second-order valence-corrected chi connectivity index (χ2v) is 8.32. The van der Waals surface area contributed by atoms with Crippen LogP contribution in [0.3, 0.4) is 0 Å². The minimum absolute atomic E-state index is 0.0874. The van der Waals surface area contributed by atoms with Crippen LogP contribution in [0.5, 0.6) is 0 Å². The Morgan fingerprint density at radius 1 is 1.11 bits per heavy atom. The fourth-order valence-corrected chi connectivity index (χ4v) is 5.18. The van der Waals surface area contributed by atoms with Gasteiger partial charge < -0.3 is 0 Å². The van der Waals surface area contributed by atoms with E-state index in [-0.39, 0.29) is 5.38 Å². The lowest BCUT2D eigenvalue weighted by molar-refractivity contribution is 1.19. The number of rotatable bonds is 2. The fraction of sp³-hybridized carbons (Fsp3) is 0.0769. The van der Waals surface area contributed by atoms with E-state index < -0.39 is 0 Å². The molecule has 0 saturated heterocycles. The largest absolute Gasteiger partial charge is 0.142 e. The van der Waals surface area contributed by atoms with Crippen molar-refractivity contribution in [2.24, 2.45) is 0 Å². The SMILES string of the molecule is ClC(c1csc(Br)c1)c1csc2c(Br)cccc12. The Morgan fingerprint density at radius 3 is 2.67 bits per heavy atom. The van der Waals surface area contributed by atoms with Gasteiger partial charge in [0.25, 0.3) is 0 Å². The average molecular weight is 423 g/mol. The molecule has 0 fully saturated rings. The summed E-state index contributed by atoms with van der Waals surface area (Å²) in [4.78, 5) is 0. The summed E-state index contributed by atoms with van der Waals surface area (Å²) in [5.41, 5.74) is 2.33. The highest BCUT2D eigenvalue weighted by Gasteiger charge is 2.17. The number of hydrogen-bond acceptors (Lipinski definition) is 2. The second kappa shape index (κ2) is 5.25.